The van der Waals surface area contributed by atoms with Gasteiger partial charge in [-0.15, -0.1) is 0 Å². The number of thioether (sulfide) groups is 1. The first-order chi connectivity index (χ1) is 8.38. The second kappa shape index (κ2) is 4.73. The zero-order valence-corrected chi connectivity index (χ0v) is 11.0. The van der Waals surface area contributed by atoms with E-state index in [-0.39, 0.29) is 0 Å². The van der Waals surface area contributed by atoms with Gasteiger partial charge in [-0.25, -0.2) is 4.98 Å². The lowest BCUT2D eigenvalue weighted by Crippen LogP contribution is -2.01. The fourth-order valence-corrected chi connectivity index (χ4v) is 3.98. The van der Waals surface area contributed by atoms with E-state index in [1.165, 1.54) is 36.4 Å². The molecular weight excluding hydrogens is 228 g/mol. The summed E-state index contributed by atoms with van der Waals surface area (Å²) in [5, 5.41) is 2.00. The first-order valence-corrected chi connectivity index (χ1v) is 7.38. The minimum Gasteiger partial charge on any atom is -0.319 e. The predicted molar refractivity (Wildman–Crippen MR) is 73.5 cm³/mol. The molecule has 0 atom stereocenters. The quantitative estimate of drug-likeness (QED) is 0.811. The molecule has 1 aliphatic rings. The molecule has 1 saturated carbocycles. The van der Waals surface area contributed by atoms with E-state index < -0.39 is 0 Å². The van der Waals surface area contributed by atoms with Crippen LogP contribution < -0.4 is 0 Å². The molecule has 2 aromatic rings. The summed E-state index contributed by atoms with van der Waals surface area (Å²) in [4.78, 5) is 4.77. The molecule has 0 unspecified atom stereocenters. The summed E-state index contributed by atoms with van der Waals surface area (Å²) in [5.41, 5.74) is 2.41. The maximum absolute atomic E-state index is 4.77. The molecular formula is C14H18N2S. The predicted octanol–water partition coefficient (Wildman–Crippen LogP) is 4.09. The van der Waals surface area contributed by atoms with Crippen LogP contribution in [0.2, 0.25) is 0 Å². The smallest absolute Gasteiger partial charge is 0.169 e. The Hall–Kier alpha value is -0.960. The molecule has 0 radical (unpaired) electrons. The Bertz CT molecular complexity index is 512. The maximum atomic E-state index is 4.77. The van der Waals surface area contributed by atoms with E-state index in [2.05, 4.69) is 35.8 Å². The Labute approximate surface area is 106 Å². The van der Waals surface area contributed by atoms with Gasteiger partial charge in [0, 0.05) is 11.8 Å². The number of para-hydroxylation sites is 2. The molecule has 1 aromatic carbocycles. The number of imidazole rings is 1. The van der Waals surface area contributed by atoms with E-state index in [9.17, 15) is 0 Å². The van der Waals surface area contributed by atoms with Gasteiger partial charge in [0.05, 0.1) is 11.0 Å². The standard InChI is InChI=1S/C14H18N2S/c1-2-16-13-10-6-5-9-12(13)15-14(16)17-11-7-3-4-8-11/h5-6,9-11H,2-4,7-8H2,1H3. The molecule has 3 rings (SSSR count). The van der Waals surface area contributed by atoms with Gasteiger partial charge in [-0.1, -0.05) is 36.7 Å². The third kappa shape index (κ3) is 2.08. The fourth-order valence-electron chi connectivity index (χ4n) is 2.60. The highest BCUT2D eigenvalue weighted by Crippen LogP contribution is 2.35. The monoisotopic (exact) mass is 246 g/mol. The number of benzene rings is 1. The van der Waals surface area contributed by atoms with Gasteiger partial charge < -0.3 is 4.57 Å². The Morgan fingerprint density at radius 2 is 2.06 bits per heavy atom. The number of rotatable bonds is 3. The van der Waals surface area contributed by atoms with E-state index >= 15 is 0 Å². The largest absolute Gasteiger partial charge is 0.319 e. The van der Waals surface area contributed by atoms with Crippen molar-refractivity contribution in [2.45, 2.75) is 49.6 Å². The number of aromatic nitrogens is 2. The molecule has 1 fully saturated rings. The van der Waals surface area contributed by atoms with Crippen LogP contribution in [-0.2, 0) is 6.54 Å². The molecule has 90 valence electrons. The number of hydrogen-bond acceptors (Lipinski definition) is 2. The maximum Gasteiger partial charge on any atom is 0.169 e. The number of hydrogen-bond donors (Lipinski definition) is 0. The van der Waals surface area contributed by atoms with Crippen molar-refractivity contribution in [1.29, 1.82) is 0 Å². The summed E-state index contributed by atoms with van der Waals surface area (Å²) in [6.45, 7) is 3.21. The van der Waals surface area contributed by atoms with Crippen LogP contribution in [0.1, 0.15) is 32.6 Å². The van der Waals surface area contributed by atoms with Gasteiger partial charge in [0.2, 0.25) is 0 Å². The van der Waals surface area contributed by atoms with E-state index in [0.29, 0.717) is 0 Å². The van der Waals surface area contributed by atoms with Gasteiger partial charge >= 0.3 is 0 Å². The second-order valence-electron chi connectivity index (χ2n) is 4.65. The van der Waals surface area contributed by atoms with Crippen molar-refractivity contribution in [3.8, 4) is 0 Å². The SMILES string of the molecule is CCn1c(SC2CCCC2)nc2ccccc21. The van der Waals surface area contributed by atoms with Crippen LogP contribution in [0.15, 0.2) is 29.4 Å². The van der Waals surface area contributed by atoms with Crippen LogP contribution in [0.25, 0.3) is 11.0 Å². The van der Waals surface area contributed by atoms with E-state index in [1.807, 2.05) is 11.8 Å². The van der Waals surface area contributed by atoms with Crippen LogP contribution in [0.3, 0.4) is 0 Å². The summed E-state index contributed by atoms with van der Waals surface area (Å²) < 4.78 is 2.35. The second-order valence-corrected chi connectivity index (χ2v) is 5.92. The van der Waals surface area contributed by atoms with Crippen LogP contribution in [0.5, 0.6) is 0 Å². The van der Waals surface area contributed by atoms with Crippen molar-refractivity contribution in [2.24, 2.45) is 0 Å². The van der Waals surface area contributed by atoms with Crippen LogP contribution in [0, 0.1) is 0 Å². The van der Waals surface area contributed by atoms with Crippen LogP contribution in [0.4, 0.5) is 0 Å². The Morgan fingerprint density at radius 1 is 1.29 bits per heavy atom. The zero-order valence-electron chi connectivity index (χ0n) is 10.2. The first kappa shape index (κ1) is 11.1. The molecule has 1 aromatic heterocycles. The first-order valence-electron chi connectivity index (χ1n) is 6.50. The Balaban J connectivity index is 1.96. The molecule has 1 aliphatic carbocycles. The van der Waals surface area contributed by atoms with E-state index in [1.54, 1.807) is 0 Å². The molecule has 0 saturated heterocycles. The Kier molecular flexibility index (Phi) is 3.10. The third-order valence-corrected chi connectivity index (χ3v) is 4.84. The van der Waals surface area contributed by atoms with Gasteiger partial charge in [-0.2, -0.15) is 0 Å². The van der Waals surface area contributed by atoms with Gasteiger partial charge in [0.1, 0.15) is 0 Å². The molecule has 17 heavy (non-hydrogen) atoms. The van der Waals surface area contributed by atoms with Crippen molar-refractivity contribution >= 4 is 22.8 Å². The summed E-state index contributed by atoms with van der Waals surface area (Å²) in [7, 11) is 0. The summed E-state index contributed by atoms with van der Waals surface area (Å²) in [5.74, 6) is 0. The van der Waals surface area contributed by atoms with E-state index in [0.717, 1.165) is 17.3 Å². The van der Waals surface area contributed by atoms with Crippen molar-refractivity contribution in [3.05, 3.63) is 24.3 Å². The summed E-state index contributed by atoms with van der Waals surface area (Å²) >= 11 is 1.98. The highest BCUT2D eigenvalue weighted by Gasteiger charge is 2.19. The fraction of sp³-hybridized carbons (Fsp3) is 0.500. The molecule has 0 bridgehead atoms. The third-order valence-electron chi connectivity index (χ3n) is 3.51. The van der Waals surface area contributed by atoms with Crippen LogP contribution in [-0.4, -0.2) is 14.8 Å². The number of nitrogens with zero attached hydrogens (tertiary/aromatic N) is 2. The van der Waals surface area contributed by atoms with Crippen LogP contribution >= 0.6 is 11.8 Å². The van der Waals surface area contributed by atoms with Gasteiger partial charge in [0.15, 0.2) is 5.16 Å². The lowest BCUT2D eigenvalue weighted by atomic mass is 10.3. The topological polar surface area (TPSA) is 17.8 Å². The minimum absolute atomic E-state index is 0.789. The van der Waals surface area contributed by atoms with Gasteiger partial charge in [0.25, 0.3) is 0 Å². The zero-order chi connectivity index (χ0) is 11.7. The van der Waals surface area contributed by atoms with Crippen molar-refractivity contribution in [1.82, 2.24) is 9.55 Å². The van der Waals surface area contributed by atoms with Gasteiger partial charge in [-0.3, -0.25) is 0 Å². The Morgan fingerprint density at radius 3 is 2.82 bits per heavy atom. The molecule has 1 heterocycles. The van der Waals surface area contributed by atoms with Crippen molar-refractivity contribution in [3.63, 3.8) is 0 Å². The number of aryl methyl sites for hydroxylation is 1. The average molecular weight is 246 g/mol. The lowest BCUT2D eigenvalue weighted by molar-refractivity contribution is 0.699. The molecule has 0 N–H and O–H groups in total. The minimum atomic E-state index is 0.789. The summed E-state index contributed by atoms with van der Waals surface area (Å²) in [6, 6.07) is 8.45. The van der Waals surface area contributed by atoms with Crippen molar-refractivity contribution in [2.75, 3.05) is 0 Å². The average Bonchev–Trinajstić information content (AvgIpc) is 2.96. The lowest BCUT2D eigenvalue weighted by Gasteiger charge is -2.09. The molecule has 3 heteroatoms. The highest BCUT2D eigenvalue weighted by molar-refractivity contribution is 7.99. The van der Waals surface area contributed by atoms with E-state index in [4.69, 9.17) is 4.98 Å². The molecule has 0 spiro atoms. The van der Waals surface area contributed by atoms with Gasteiger partial charge in [-0.05, 0) is 31.9 Å². The summed E-state index contributed by atoms with van der Waals surface area (Å²) in [6.07, 6.45) is 5.50. The van der Waals surface area contributed by atoms with Crippen molar-refractivity contribution < 1.29 is 0 Å². The highest BCUT2D eigenvalue weighted by atomic mass is 32.2. The molecule has 2 nitrogen and oxygen atoms in total. The molecule has 0 aliphatic heterocycles. The molecule has 0 amide bonds. The number of fused-ring (bicyclic) bond motifs is 1. The normalized spacial score (nSPS) is 17.0.